The Morgan fingerprint density at radius 3 is 3.00 bits per heavy atom. The van der Waals surface area contributed by atoms with Crippen molar-refractivity contribution in [1.29, 1.82) is 0 Å². The van der Waals surface area contributed by atoms with Gasteiger partial charge in [0, 0.05) is 19.0 Å². The summed E-state index contributed by atoms with van der Waals surface area (Å²) in [5, 5.41) is 9.51. The van der Waals surface area contributed by atoms with Gasteiger partial charge in [-0.2, -0.15) is 0 Å². The van der Waals surface area contributed by atoms with Gasteiger partial charge in [0.2, 0.25) is 0 Å². The number of ether oxygens (including phenoxy) is 1. The van der Waals surface area contributed by atoms with Crippen molar-refractivity contribution in [2.24, 2.45) is 5.73 Å². The van der Waals surface area contributed by atoms with Crippen molar-refractivity contribution in [1.82, 2.24) is 14.5 Å². The Kier molecular flexibility index (Phi) is 5.55. The molecule has 1 unspecified atom stereocenters. The van der Waals surface area contributed by atoms with Gasteiger partial charge in [-0.05, 0) is 44.5 Å². The number of primary amides is 1. The smallest absolute Gasteiger partial charge is 0.408 e. The summed E-state index contributed by atoms with van der Waals surface area (Å²) in [5.74, 6) is 1.62. The molecule has 7 nitrogen and oxygen atoms in total. The van der Waals surface area contributed by atoms with E-state index in [1.54, 1.807) is 6.07 Å². The van der Waals surface area contributed by atoms with Crippen molar-refractivity contribution in [3.63, 3.8) is 0 Å². The second-order valence-corrected chi connectivity index (χ2v) is 6.53. The first-order valence-electron chi connectivity index (χ1n) is 8.93. The number of amides is 1. The van der Waals surface area contributed by atoms with Crippen LogP contribution in [0.2, 0.25) is 0 Å². The number of nitrogens with two attached hydrogens (primary N) is 1. The summed E-state index contributed by atoms with van der Waals surface area (Å²) in [6.45, 7) is 5.88. The Labute approximate surface area is 147 Å². The minimum absolute atomic E-state index is 0.0325. The number of piperidine rings is 1. The molecule has 0 radical (unpaired) electrons. The van der Waals surface area contributed by atoms with Crippen LogP contribution in [0.4, 0.5) is 4.79 Å². The molecule has 1 saturated heterocycles. The molecule has 1 aromatic heterocycles. The molecule has 1 atom stereocenters. The first-order chi connectivity index (χ1) is 12.1. The van der Waals surface area contributed by atoms with Crippen LogP contribution in [-0.2, 0) is 6.54 Å². The number of carbonyl (C=O) groups is 1. The Bertz CT molecular complexity index is 741. The molecule has 136 valence electrons. The van der Waals surface area contributed by atoms with Crippen LogP contribution in [0, 0.1) is 0 Å². The summed E-state index contributed by atoms with van der Waals surface area (Å²) in [6, 6.07) is 5.43. The Morgan fingerprint density at radius 1 is 1.44 bits per heavy atom. The van der Waals surface area contributed by atoms with Gasteiger partial charge in [-0.3, -0.25) is 0 Å². The van der Waals surface area contributed by atoms with Crippen LogP contribution in [0.25, 0.3) is 11.0 Å². The maximum atomic E-state index is 11.2. The van der Waals surface area contributed by atoms with Gasteiger partial charge >= 0.3 is 6.09 Å². The molecule has 25 heavy (non-hydrogen) atoms. The normalized spacial score (nSPS) is 18.6. The highest BCUT2D eigenvalue weighted by Gasteiger charge is 2.26. The molecule has 3 N–H and O–H groups in total. The number of fused-ring (bicyclic) bond motifs is 1. The van der Waals surface area contributed by atoms with Crippen LogP contribution in [0.15, 0.2) is 18.2 Å². The number of rotatable bonds is 6. The quantitative estimate of drug-likeness (QED) is 0.835. The van der Waals surface area contributed by atoms with E-state index >= 15 is 0 Å². The van der Waals surface area contributed by atoms with Gasteiger partial charge in [0.1, 0.15) is 11.3 Å². The zero-order valence-corrected chi connectivity index (χ0v) is 14.6. The molecule has 7 heteroatoms. The van der Waals surface area contributed by atoms with E-state index in [0.717, 1.165) is 50.2 Å². The SMILES string of the molecule is CCCN1CCCC(c2nc3c(OC(N)=O)cccc3n2CCO)C1. The number of imidazole rings is 1. The Balaban J connectivity index is 2.01. The summed E-state index contributed by atoms with van der Waals surface area (Å²) in [6.07, 6.45) is 2.49. The Morgan fingerprint density at radius 2 is 2.28 bits per heavy atom. The van der Waals surface area contributed by atoms with E-state index in [9.17, 15) is 9.90 Å². The van der Waals surface area contributed by atoms with Crippen molar-refractivity contribution in [3.05, 3.63) is 24.0 Å². The van der Waals surface area contributed by atoms with E-state index in [0.29, 0.717) is 23.7 Å². The number of aromatic nitrogens is 2. The number of hydrogen-bond acceptors (Lipinski definition) is 5. The minimum Gasteiger partial charge on any atom is -0.408 e. The first-order valence-corrected chi connectivity index (χ1v) is 8.93. The van der Waals surface area contributed by atoms with Crippen LogP contribution < -0.4 is 10.5 Å². The average molecular weight is 346 g/mol. The van der Waals surface area contributed by atoms with Gasteiger partial charge in [0.05, 0.1) is 12.1 Å². The molecule has 3 rings (SSSR count). The molecule has 1 amide bonds. The summed E-state index contributed by atoms with van der Waals surface area (Å²) < 4.78 is 7.16. The highest BCUT2D eigenvalue weighted by molar-refractivity contribution is 5.85. The van der Waals surface area contributed by atoms with E-state index in [-0.39, 0.29) is 6.61 Å². The number of carbonyl (C=O) groups excluding carboxylic acids is 1. The molecule has 1 fully saturated rings. The highest BCUT2D eigenvalue weighted by atomic mass is 16.5. The molecule has 1 aromatic carbocycles. The van der Waals surface area contributed by atoms with Crippen molar-refractivity contribution in [2.75, 3.05) is 26.2 Å². The van der Waals surface area contributed by atoms with E-state index in [2.05, 4.69) is 11.8 Å². The maximum absolute atomic E-state index is 11.2. The van der Waals surface area contributed by atoms with Crippen molar-refractivity contribution < 1.29 is 14.6 Å². The van der Waals surface area contributed by atoms with Crippen molar-refractivity contribution in [2.45, 2.75) is 38.6 Å². The lowest BCUT2D eigenvalue weighted by molar-refractivity contribution is 0.200. The fraction of sp³-hybridized carbons (Fsp3) is 0.556. The standard InChI is InChI=1S/C18H26N4O3/c1-2-8-21-9-4-5-13(12-21)17-20-16-14(22(17)10-11-23)6-3-7-15(16)25-18(19)24/h3,6-7,13,23H,2,4-5,8-12H2,1H3,(H2,19,24). The van der Waals surface area contributed by atoms with Crippen molar-refractivity contribution >= 4 is 17.1 Å². The minimum atomic E-state index is -0.849. The van der Waals surface area contributed by atoms with Gasteiger partial charge < -0.3 is 25.0 Å². The third kappa shape index (κ3) is 3.77. The number of hydrogen-bond donors (Lipinski definition) is 2. The van der Waals surface area contributed by atoms with Crippen LogP contribution in [0.3, 0.4) is 0 Å². The number of aliphatic hydroxyl groups is 1. The van der Waals surface area contributed by atoms with Gasteiger partial charge in [-0.25, -0.2) is 9.78 Å². The molecule has 0 saturated carbocycles. The zero-order valence-electron chi connectivity index (χ0n) is 14.6. The third-order valence-corrected chi connectivity index (χ3v) is 4.72. The van der Waals surface area contributed by atoms with E-state index < -0.39 is 6.09 Å². The predicted molar refractivity (Wildman–Crippen MR) is 95.7 cm³/mol. The van der Waals surface area contributed by atoms with E-state index in [1.807, 2.05) is 16.7 Å². The van der Waals surface area contributed by atoms with Crippen LogP contribution in [0.1, 0.15) is 37.9 Å². The second-order valence-electron chi connectivity index (χ2n) is 6.53. The fourth-order valence-corrected chi connectivity index (χ4v) is 3.76. The van der Waals surface area contributed by atoms with Crippen LogP contribution in [-0.4, -0.2) is 51.9 Å². The van der Waals surface area contributed by atoms with Gasteiger partial charge in [0.25, 0.3) is 0 Å². The molecule has 1 aliphatic heterocycles. The number of para-hydroxylation sites is 1. The van der Waals surface area contributed by atoms with Gasteiger partial charge in [-0.15, -0.1) is 0 Å². The van der Waals surface area contributed by atoms with Crippen molar-refractivity contribution in [3.8, 4) is 5.75 Å². The van der Waals surface area contributed by atoms with Gasteiger partial charge in [0.15, 0.2) is 5.75 Å². The largest absolute Gasteiger partial charge is 0.410 e. The fourth-order valence-electron chi connectivity index (χ4n) is 3.76. The zero-order chi connectivity index (χ0) is 17.8. The summed E-state index contributed by atoms with van der Waals surface area (Å²) in [5.41, 5.74) is 6.65. The average Bonchev–Trinajstić information content (AvgIpc) is 2.95. The number of nitrogens with zero attached hydrogens (tertiary/aromatic N) is 3. The second kappa shape index (κ2) is 7.84. The molecular formula is C18H26N4O3. The molecule has 2 aromatic rings. The molecule has 1 aliphatic rings. The van der Waals surface area contributed by atoms with E-state index in [4.69, 9.17) is 15.5 Å². The predicted octanol–water partition coefficient (Wildman–Crippen LogP) is 2.08. The van der Waals surface area contributed by atoms with Crippen LogP contribution in [0.5, 0.6) is 5.75 Å². The van der Waals surface area contributed by atoms with Crippen LogP contribution >= 0.6 is 0 Å². The molecule has 2 heterocycles. The Hall–Kier alpha value is -2.12. The summed E-state index contributed by atoms with van der Waals surface area (Å²) >= 11 is 0. The lowest BCUT2D eigenvalue weighted by Crippen LogP contribution is -2.35. The summed E-state index contributed by atoms with van der Waals surface area (Å²) in [7, 11) is 0. The topological polar surface area (TPSA) is 93.6 Å². The monoisotopic (exact) mass is 346 g/mol. The number of aliphatic hydroxyl groups excluding tert-OH is 1. The lowest BCUT2D eigenvalue weighted by Gasteiger charge is -2.32. The molecule has 0 bridgehead atoms. The lowest BCUT2D eigenvalue weighted by atomic mass is 9.97. The number of benzene rings is 1. The number of likely N-dealkylation sites (tertiary alicyclic amines) is 1. The molecule has 0 aliphatic carbocycles. The molecule has 0 spiro atoms. The maximum Gasteiger partial charge on any atom is 0.410 e. The highest BCUT2D eigenvalue weighted by Crippen LogP contribution is 2.32. The summed E-state index contributed by atoms with van der Waals surface area (Å²) in [4.78, 5) is 18.4. The molecular weight excluding hydrogens is 320 g/mol. The van der Waals surface area contributed by atoms with Gasteiger partial charge in [-0.1, -0.05) is 13.0 Å². The first kappa shape index (κ1) is 17.7. The third-order valence-electron chi connectivity index (χ3n) is 4.72. The van der Waals surface area contributed by atoms with E-state index in [1.165, 1.54) is 0 Å².